The minimum Gasteiger partial charge on any atom is -0.391 e. The average molecular weight is 700 g/mol. The Hall–Kier alpha value is -4.79. The van der Waals surface area contributed by atoms with Gasteiger partial charge in [-0.25, -0.2) is 0 Å². The summed E-state index contributed by atoms with van der Waals surface area (Å²) in [5, 5.41) is 28.2. The smallest absolute Gasteiger partial charge is 0.227 e. The fraction of sp³-hybridized carbons (Fsp3) is 0.386. The van der Waals surface area contributed by atoms with Crippen molar-refractivity contribution in [1.82, 2.24) is 15.5 Å². The Labute approximate surface area is 306 Å². The van der Waals surface area contributed by atoms with Crippen LogP contribution in [0.3, 0.4) is 0 Å². The molecule has 8 atom stereocenters. The zero-order valence-electron chi connectivity index (χ0n) is 29.5. The normalized spacial score (nSPS) is 24.1. The molecule has 0 heterocycles. The van der Waals surface area contributed by atoms with Gasteiger partial charge in [0, 0.05) is 32.0 Å². The topological polar surface area (TPSA) is 119 Å². The van der Waals surface area contributed by atoms with Crippen LogP contribution in [0.25, 0.3) is 0 Å². The highest BCUT2D eigenvalue weighted by Crippen LogP contribution is 2.53. The van der Waals surface area contributed by atoms with Crippen molar-refractivity contribution in [2.24, 2.45) is 29.6 Å². The van der Waals surface area contributed by atoms with Gasteiger partial charge < -0.3 is 25.7 Å². The van der Waals surface area contributed by atoms with Crippen LogP contribution in [0.2, 0.25) is 0 Å². The van der Waals surface area contributed by atoms with Crippen molar-refractivity contribution in [3.05, 3.63) is 143 Å². The summed E-state index contributed by atoms with van der Waals surface area (Å²) in [4.78, 5) is 44.2. The SMILES string of the molecule is O=C(NC1c2ccccc2C[C@H]1O)[C@@H](Cc1ccccc1)C[C@H](O)CNC(=O)[C@@H]1[C@@H]2CC[C@H](C2)[C@H]1C(=O)N(Cc1ccccc1)Cc1ccccc1. The Kier molecular flexibility index (Phi) is 11.1. The molecular weight excluding hydrogens is 650 g/mol. The summed E-state index contributed by atoms with van der Waals surface area (Å²) in [5.41, 5.74) is 4.98. The Balaban J connectivity index is 1.02. The molecule has 2 saturated carbocycles. The Morgan fingerprint density at radius 3 is 1.92 bits per heavy atom. The molecule has 4 aromatic rings. The molecular formula is C44H49N3O5. The van der Waals surface area contributed by atoms with E-state index in [4.69, 9.17) is 0 Å². The van der Waals surface area contributed by atoms with Crippen LogP contribution in [-0.4, -0.2) is 51.6 Å². The standard InChI is InChI=1S/C44H49N3O5/c48-36(24-35(22-29-12-4-1-5-13-29)42(50)46-41-37-19-11-10-18-32(37)25-38(41)49)26-45-43(51)39-33-20-21-34(23-33)40(39)44(52)47(27-30-14-6-2-7-15-30)28-31-16-8-3-9-17-31/h1-19,33-36,38-41,48-49H,20-28H2,(H,45,51)(H,46,50)/t33-,34-,35+,36+,38-,39-,40-,41?/m1/s1. The van der Waals surface area contributed by atoms with Gasteiger partial charge in [-0.1, -0.05) is 115 Å². The number of nitrogens with zero attached hydrogens (tertiary/aromatic N) is 1. The van der Waals surface area contributed by atoms with Gasteiger partial charge in [0.1, 0.15) is 0 Å². The minimum atomic E-state index is -0.982. The second-order valence-electron chi connectivity index (χ2n) is 15.0. The largest absolute Gasteiger partial charge is 0.391 e. The van der Waals surface area contributed by atoms with Crippen molar-refractivity contribution in [3.8, 4) is 0 Å². The van der Waals surface area contributed by atoms with Crippen LogP contribution in [-0.2, 0) is 40.3 Å². The number of rotatable bonds is 14. The maximum Gasteiger partial charge on any atom is 0.227 e. The molecule has 0 radical (unpaired) electrons. The van der Waals surface area contributed by atoms with E-state index in [0.29, 0.717) is 25.9 Å². The van der Waals surface area contributed by atoms with E-state index in [1.165, 1.54) is 0 Å². The van der Waals surface area contributed by atoms with Crippen molar-refractivity contribution < 1.29 is 24.6 Å². The number of nitrogens with one attached hydrogen (secondary N) is 2. The molecule has 0 saturated heterocycles. The molecule has 4 aromatic carbocycles. The van der Waals surface area contributed by atoms with Gasteiger partial charge in [-0.15, -0.1) is 0 Å². The van der Waals surface area contributed by atoms with Gasteiger partial charge >= 0.3 is 0 Å². The van der Waals surface area contributed by atoms with Gasteiger partial charge in [-0.3, -0.25) is 14.4 Å². The van der Waals surface area contributed by atoms with E-state index in [2.05, 4.69) is 10.6 Å². The number of hydrogen-bond acceptors (Lipinski definition) is 5. The van der Waals surface area contributed by atoms with Crippen LogP contribution in [0, 0.1) is 29.6 Å². The van der Waals surface area contributed by atoms with Crippen molar-refractivity contribution in [2.75, 3.05) is 6.54 Å². The highest BCUT2D eigenvalue weighted by atomic mass is 16.3. The molecule has 270 valence electrons. The van der Waals surface area contributed by atoms with E-state index in [0.717, 1.165) is 47.1 Å². The molecule has 52 heavy (non-hydrogen) atoms. The fourth-order valence-electron chi connectivity index (χ4n) is 9.00. The van der Waals surface area contributed by atoms with Crippen LogP contribution in [0.15, 0.2) is 115 Å². The van der Waals surface area contributed by atoms with Crippen LogP contribution >= 0.6 is 0 Å². The highest BCUT2D eigenvalue weighted by molar-refractivity contribution is 5.89. The van der Waals surface area contributed by atoms with Crippen LogP contribution < -0.4 is 10.6 Å². The molecule has 8 heteroatoms. The van der Waals surface area contributed by atoms with Crippen molar-refractivity contribution >= 4 is 17.7 Å². The van der Waals surface area contributed by atoms with Crippen LogP contribution in [0.4, 0.5) is 0 Å². The number of carbonyl (C=O) groups is 3. The van der Waals surface area contributed by atoms with Crippen molar-refractivity contribution in [3.63, 3.8) is 0 Å². The first-order valence-electron chi connectivity index (χ1n) is 18.8. The van der Waals surface area contributed by atoms with Gasteiger partial charge in [0.05, 0.1) is 30.1 Å². The maximum atomic E-state index is 14.5. The molecule has 3 amide bonds. The predicted molar refractivity (Wildman–Crippen MR) is 199 cm³/mol. The number of aliphatic hydroxyl groups is 2. The summed E-state index contributed by atoms with van der Waals surface area (Å²) in [6.45, 7) is 0.909. The lowest BCUT2D eigenvalue weighted by atomic mass is 9.77. The van der Waals surface area contributed by atoms with Gasteiger partial charge in [-0.2, -0.15) is 0 Å². The maximum absolute atomic E-state index is 14.5. The molecule has 7 rings (SSSR count). The quantitative estimate of drug-likeness (QED) is 0.141. The van der Waals surface area contributed by atoms with Crippen LogP contribution in [0.5, 0.6) is 0 Å². The first-order chi connectivity index (χ1) is 25.3. The summed E-state index contributed by atoms with van der Waals surface area (Å²) >= 11 is 0. The van der Waals surface area contributed by atoms with Gasteiger partial charge in [0.25, 0.3) is 0 Å². The number of carbonyl (C=O) groups excluding carboxylic acids is 3. The predicted octanol–water partition coefficient (Wildman–Crippen LogP) is 5.38. The summed E-state index contributed by atoms with van der Waals surface area (Å²) in [7, 11) is 0. The fourth-order valence-corrected chi connectivity index (χ4v) is 9.00. The highest BCUT2D eigenvalue weighted by Gasteiger charge is 2.54. The first kappa shape index (κ1) is 35.6. The van der Waals surface area contributed by atoms with Gasteiger partial charge in [0.2, 0.25) is 17.7 Å². The molecule has 0 aliphatic heterocycles. The van der Waals surface area contributed by atoms with E-state index in [1.807, 2.05) is 120 Å². The van der Waals surface area contributed by atoms with Crippen LogP contribution in [0.1, 0.15) is 59.5 Å². The summed E-state index contributed by atoms with van der Waals surface area (Å²) < 4.78 is 0. The lowest BCUT2D eigenvalue weighted by Gasteiger charge is -2.34. The third-order valence-corrected chi connectivity index (χ3v) is 11.5. The van der Waals surface area contributed by atoms with E-state index >= 15 is 0 Å². The number of aliphatic hydroxyl groups excluding tert-OH is 2. The number of fused-ring (bicyclic) bond motifs is 3. The Bertz CT molecular complexity index is 1780. The summed E-state index contributed by atoms with van der Waals surface area (Å²) in [5.74, 6) is -1.61. The molecule has 4 N–H and O–H groups in total. The number of benzene rings is 4. The Morgan fingerprint density at radius 1 is 0.731 bits per heavy atom. The van der Waals surface area contributed by atoms with E-state index in [1.54, 1.807) is 0 Å². The minimum absolute atomic E-state index is 0.0101. The number of hydrogen-bond donors (Lipinski definition) is 4. The van der Waals surface area contributed by atoms with Crippen molar-refractivity contribution in [1.29, 1.82) is 0 Å². The molecule has 1 unspecified atom stereocenters. The lowest BCUT2D eigenvalue weighted by molar-refractivity contribution is -0.145. The summed E-state index contributed by atoms with van der Waals surface area (Å²) in [6, 6.07) is 36.8. The second kappa shape index (κ2) is 16.3. The van der Waals surface area contributed by atoms with Crippen molar-refractivity contribution in [2.45, 2.75) is 69.9 Å². The average Bonchev–Trinajstić information content (AvgIpc) is 3.88. The second-order valence-corrected chi connectivity index (χ2v) is 15.0. The Morgan fingerprint density at radius 2 is 1.29 bits per heavy atom. The molecule has 0 spiro atoms. The molecule has 0 aromatic heterocycles. The molecule has 3 aliphatic rings. The summed E-state index contributed by atoms with van der Waals surface area (Å²) in [6.07, 6.45) is 2.02. The van der Waals surface area contributed by atoms with Gasteiger partial charge in [-0.05, 0) is 71.8 Å². The zero-order chi connectivity index (χ0) is 36.0. The first-order valence-corrected chi connectivity index (χ1v) is 18.8. The van der Waals surface area contributed by atoms with Gasteiger partial charge in [0.15, 0.2) is 0 Å². The lowest BCUT2D eigenvalue weighted by Crippen LogP contribution is -2.47. The zero-order valence-corrected chi connectivity index (χ0v) is 29.5. The molecule has 2 fully saturated rings. The molecule has 8 nitrogen and oxygen atoms in total. The molecule has 2 bridgehead atoms. The van der Waals surface area contributed by atoms with E-state index in [9.17, 15) is 24.6 Å². The van der Waals surface area contributed by atoms with E-state index in [-0.39, 0.29) is 42.5 Å². The molecule has 3 aliphatic carbocycles. The third kappa shape index (κ3) is 8.14. The van der Waals surface area contributed by atoms with E-state index < -0.39 is 36.0 Å². The third-order valence-electron chi connectivity index (χ3n) is 11.5. The monoisotopic (exact) mass is 699 g/mol. The number of amides is 3.